The van der Waals surface area contributed by atoms with Crippen molar-refractivity contribution in [3.05, 3.63) is 65.2 Å². The molecule has 0 aromatic heterocycles. The summed E-state index contributed by atoms with van der Waals surface area (Å²) in [6, 6.07) is 15.3. The van der Waals surface area contributed by atoms with E-state index in [0.29, 0.717) is 31.7 Å². The largest absolute Gasteiger partial charge is 0.442 e. The molecule has 7 heteroatoms. The molecule has 156 valence electrons. The molecule has 2 aliphatic rings. The van der Waals surface area contributed by atoms with Crippen molar-refractivity contribution >= 4 is 23.6 Å². The molecule has 0 radical (unpaired) electrons. The van der Waals surface area contributed by atoms with E-state index in [4.69, 9.17) is 4.74 Å². The Balaban J connectivity index is 1.44. The molecular formula is C23H25N3O4. The molecule has 2 aliphatic heterocycles. The quantitative estimate of drug-likeness (QED) is 0.844. The summed E-state index contributed by atoms with van der Waals surface area (Å²) in [7, 11) is 0. The van der Waals surface area contributed by atoms with Gasteiger partial charge in [-0.15, -0.1) is 0 Å². The van der Waals surface area contributed by atoms with Gasteiger partial charge < -0.3 is 15.0 Å². The Hall–Kier alpha value is -3.35. The van der Waals surface area contributed by atoms with Crippen LogP contribution in [0.15, 0.2) is 48.5 Å². The number of fused-ring (bicyclic) bond motifs is 1. The second-order valence-electron chi connectivity index (χ2n) is 7.66. The van der Waals surface area contributed by atoms with E-state index in [9.17, 15) is 14.4 Å². The molecule has 1 N–H and O–H groups in total. The highest BCUT2D eigenvalue weighted by Gasteiger charge is 2.32. The van der Waals surface area contributed by atoms with Crippen LogP contribution in [-0.4, -0.2) is 55.1 Å². The minimum Gasteiger partial charge on any atom is -0.442 e. The van der Waals surface area contributed by atoms with Crippen LogP contribution in [0.1, 0.15) is 28.4 Å². The summed E-state index contributed by atoms with van der Waals surface area (Å²) >= 11 is 0. The van der Waals surface area contributed by atoms with Gasteiger partial charge in [-0.25, -0.2) is 4.79 Å². The normalized spacial score (nSPS) is 18.4. The number of benzene rings is 2. The molecule has 2 aromatic carbocycles. The maximum Gasteiger partial charge on any atom is 0.414 e. The smallest absolute Gasteiger partial charge is 0.414 e. The van der Waals surface area contributed by atoms with Gasteiger partial charge in [-0.05, 0) is 48.2 Å². The molecule has 3 amide bonds. The highest BCUT2D eigenvalue weighted by Crippen LogP contribution is 2.27. The van der Waals surface area contributed by atoms with Crippen LogP contribution < -0.4 is 10.2 Å². The van der Waals surface area contributed by atoms with E-state index in [-0.39, 0.29) is 17.9 Å². The van der Waals surface area contributed by atoms with Crippen molar-refractivity contribution in [2.45, 2.75) is 25.9 Å². The third-order valence-electron chi connectivity index (χ3n) is 5.56. The van der Waals surface area contributed by atoms with Crippen molar-refractivity contribution in [1.82, 2.24) is 10.2 Å². The number of ether oxygens (including phenoxy) is 1. The number of hydrogen-bond donors (Lipinski definition) is 1. The number of anilines is 1. The first kappa shape index (κ1) is 19.9. The van der Waals surface area contributed by atoms with Gasteiger partial charge in [0, 0.05) is 31.3 Å². The van der Waals surface area contributed by atoms with Crippen molar-refractivity contribution in [1.29, 1.82) is 0 Å². The van der Waals surface area contributed by atoms with Crippen LogP contribution in [0.25, 0.3) is 0 Å². The summed E-state index contributed by atoms with van der Waals surface area (Å²) in [4.78, 5) is 39.7. The fourth-order valence-corrected chi connectivity index (χ4v) is 3.94. The van der Waals surface area contributed by atoms with Crippen molar-refractivity contribution in [2.24, 2.45) is 0 Å². The first-order valence-corrected chi connectivity index (χ1v) is 10.2. The van der Waals surface area contributed by atoms with Gasteiger partial charge in [0.15, 0.2) is 0 Å². The van der Waals surface area contributed by atoms with E-state index >= 15 is 0 Å². The zero-order chi connectivity index (χ0) is 21.1. The summed E-state index contributed by atoms with van der Waals surface area (Å²) < 4.78 is 5.36. The standard InChI is InChI=1S/C23H25N3O4/c1-16(27)24-14-21-15-26(23(29)30-21)20-8-7-17-9-11-25(12-10-19(17)13-20)22(28)18-5-3-2-4-6-18/h2-8,13,21H,9-12,14-15H2,1H3,(H,24,27)/t21-/m0/s1. The molecule has 30 heavy (non-hydrogen) atoms. The molecule has 7 nitrogen and oxygen atoms in total. The predicted octanol–water partition coefficient (Wildman–Crippen LogP) is 2.39. The van der Waals surface area contributed by atoms with Crippen LogP contribution in [0.4, 0.5) is 10.5 Å². The second kappa shape index (κ2) is 8.57. The van der Waals surface area contributed by atoms with Crippen LogP contribution >= 0.6 is 0 Å². The fourth-order valence-electron chi connectivity index (χ4n) is 3.94. The van der Waals surface area contributed by atoms with Crippen molar-refractivity contribution in [3.63, 3.8) is 0 Å². The van der Waals surface area contributed by atoms with E-state index in [1.54, 1.807) is 4.90 Å². The van der Waals surface area contributed by atoms with E-state index in [2.05, 4.69) is 5.32 Å². The highest BCUT2D eigenvalue weighted by atomic mass is 16.6. The van der Waals surface area contributed by atoms with Gasteiger partial charge in [0.25, 0.3) is 5.91 Å². The number of amides is 3. The maximum atomic E-state index is 12.8. The van der Waals surface area contributed by atoms with E-state index < -0.39 is 6.09 Å². The van der Waals surface area contributed by atoms with E-state index in [1.807, 2.05) is 53.4 Å². The Kier molecular flexibility index (Phi) is 5.70. The SMILES string of the molecule is CC(=O)NC[C@H]1CN(c2ccc3c(c2)CCN(C(=O)c2ccccc2)CC3)C(=O)O1. The molecule has 0 unspecified atom stereocenters. The lowest BCUT2D eigenvalue weighted by atomic mass is 10.0. The zero-order valence-electron chi connectivity index (χ0n) is 17.0. The van der Waals surface area contributed by atoms with Crippen LogP contribution in [0, 0.1) is 0 Å². The number of carbonyl (C=O) groups excluding carboxylic acids is 3. The van der Waals surface area contributed by atoms with Gasteiger partial charge in [0.2, 0.25) is 5.91 Å². The van der Waals surface area contributed by atoms with Crippen molar-refractivity contribution in [3.8, 4) is 0 Å². The molecule has 2 heterocycles. The first-order chi connectivity index (χ1) is 14.5. The summed E-state index contributed by atoms with van der Waals surface area (Å²) in [5.41, 5.74) is 3.83. The predicted molar refractivity (Wildman–Crippen MR) is 112 cm³/mol. The van der Waals surface area contributed by atoms with Gasteiger partial charge >= 0.3 is 6.09 Å². The Morgan fingerprint density at radius 3 is 2.53 bits per heavy atom. The lowest BCUT2D eigenvalue weighted by Crippen LogP contribution is -2.33. The van der Waals surface area contributed by atoms with Crippen LogP contribution in [0.5, 0.6) is 0 Å². The summed E-state index contributed by atoms with van der Waals surface area (Å²) in [5, 5.41) is 2.69. The number of carbonyl (C=O) groups is 3. The molecule has 2 aromatic rings. The Morgan fingerprint density at radius 1 is 1.07 bits per heavy atom. The monoisotopic (exact) mass is 407 g/mol. The Morgan fingerprint density at radius 2 is 1.80 bits per heavy atom. The van der Waals surface area contributed by atoms with Crippen molar-refractivity contribution < 1.29 is 19.1 Å². The van der Waals surface area contributed by atoms with Gasteiger partial charge in [-0.3, -0.25) is 14.5 Å². The van der Waals surface area contributed by atoms with Gasteiger partial charge in [-0.2, -0.15) is 0 Å². The molecule has 0 aliphatic carbocycles. The number of nitrogens with zero attached hydrogens (tertiary/aromatic N) is 2. The molecule has 1 fully saturated rings. The van der Waals surface area contributed by atoms with Crippen LogP contribution in [0.3, 0.4) is 0 Å². The Labute approximate surface area is 175 Å². The van der Waals surface area contributed by atoms with E-state index in [0.717, 1.165) is 24.1 Å². The number of nitrogens with one attached hydrogen (secondary N) is 1. The van der Waals surface area contributed by atoms with Crippen molar-refractivity contribution in [2.75, 3.05) is 31.1 Å². The summed E-state index contributed by atoms with van der Waals surface area (Å²) in [5.74, 6) is -0.100. The number of hydrogen-bond acceptors (Lipinski definition) is 4. The highest BCUT2D eigenvalue weighted by molar-refractivity contribution is 5.94. The number of cyclic esters (lactones) is 1. The molecule has 1 atom stereocenters. The minimum absolute atomic E-state index is 0.0487. The lowest BCUT2D eigenvalue weighted by Gasteiger charge is -2.20. The third-order valence-corrected chi connectivity index (χ3v) is 5.56. The Bertz CT molecular complexity index is 960. The molecule has 0 bridgehead atoms. The number of rotatable bonds is 4. The van der Waals surface area contributed by atoms with E-state index in [1.165, 1.54) is 12.5 Å². The first-order valence-electron chi connectivity index (χ1n) is 10.2. The third kappa shape index (κ3) is 4.30. The fraction of sp³-hybridized carbons (Fsp3) is 0.348. The minimum atomic E-state index is -0.403. The molecular weight excluding hydrogens is 382 g/mol. The van der Waals surface area contributed by atoms with Gasteiger partial charge in [0.05, 0.1) is 13.1 Å². The molecule has 0 spiro atoms. The maximum absolute atomic E-state index is 12.8. The second-order valence-corrected chi connectivity index (χ2v) is 7.66. The average Bonchev–Trinajstić information content (AvgIpc) is 3.00. The van der Waals surface area contributed by atoms with Gasteiger partial charge in [-0.1, -0.05) is 24.3 Å². The lowest BCUT2D eigenvalue weighted by molar-refractivity contribution is -0.119. The van der Waals surface area contributed by atoms with Crippen LogP contribution in [0.2, 0.25) is 0 Å². The van der Waals surface area contributed by atoms with Gasteiger partial charge in [0.1, 0.15) is 6.10 Å². The topological polar surface area (TPSA) is 79.0 Å². The molecule has 4 rings (SSSR count). The average molecular weight is 407 g/mol. The summed E-state index contributed by atoms with van der Waals surface area (Å²) in [6.07, 6.45) is 0.753. The molecule has 0 saturated carbocycles. The molecule has 1 saturated heterocycles. The zero-order valence-corrected chi connectivity index (χ0v) is 17.0. The summed E-state index contributed by atoms with van der Waals surface area (Å²) in [6.45, 7) is 3.45. The van der Waals surface area contributed by atoms with Crippen LogP contribution in [-0.2, 0) is 22.4 Å².